The van der Waals surface area contributed by atoms with E-state index in [1.165, 1.54) is 11.1 Å². The maximum atomic E-state index is 5.80. The summed E-state index contributed by atoms with van der Waals surface area (Å²) in [4.78, 5) is 4.42. The fourth-order valence-electron chi connectivity index (χ4n) is 1.70. The summed E-state index contributed by atoms with van der Waals surface area (Å²) in [6.07, 6.45) is 0. The number of hydrogen-bond donors (Lipinski definition) is 0. The normalized spacial score (nSPS) is 10.4. The van der Waals surface area contributed by atoms with Crippen LogP contribution in [0.2, 0.25) is 0 Å². The summed E-state index contributed by atoms with van der Waals surface area (Å²) >= 11 is 3.52. The third-order valence-electron chi connectivity index (χ3n) is 2.87. The highest BCUT2D eigenvalue weighted by molar-refractivity contribution is 9.10. The van der Waals surface area contributed by atoms with Gasteiger partial charge in [-0.05, 0) is 72.1 Å². The molecule has 0 N–H and O–H groups in total. The minimum absolute atomic E-state index is 0.489. The topological polar surface area (TPSA) is 22.1 Å². The van der Waals surface area contributed by atoms with E-state index in [9.17, 15) is 0 Å². The third kappa shape index (κ3) is 3.10. The smallest absolute Gasteiger partial charge is 0.134 e. The molecule has 0 aliphatic heterocycles. The molecule has 0 bridgehead atoms. The molecule has 0 aliphatic carbocycles. The van der Waals surface area contributed by atoms with Crippen molar-refractivity contribution in [3.63, 3.8) is 0 Å². The highest BCUT2D eigenvalue weighted by Gasteiger charge is 2.05. The van der Waals surface area contributed by atoms with Gasteiger partial charge in [-0.25, -0.2) is 0 Å². The average molecular weight is 306 g/mol. The Hall–Kier alpha value is -1.35. The molecule has 1 aromatic carbocycles. The van der Waals surface area contributed by atoms with E-state index in [2.05, 4.69) is 46.9 Å². The van der Waals surface area contributed by atoms with Gasteiger partial charge in [-0.1, -0.05) is 6.07 Å². The van der Waals surface area contributed by atoms with Gasteiger partial charge >= 0.3 is 0 Å². The Morgan fingerprint density at radius 3 is 2.56 bits per heavy atom. The molecule has 0 spiro atoms. The first-order valence-corrected chi connectivity index (χ1v) is 6.67. The summed E-state index contributed by atoms with van der Waals surface area (Å²) in [6.45, 7) is 6.64. The molecule has 1 aromatic heterocycles. The van der Waals surface area contributed by atoms with Crippen LogP contribution < -0.4 is 4.74 Å². The van der Waals surface area contributed by atoms with Crippen molar-refractivity contribution < 1.29 is 4.74 Å². The van der Waals surface area contributed by atoms with Crippen molar-refractivity contribution in [3.8, 4) is 5.75 Å². The van der Waals surface area contributed by atoms with Gasteiger partial charge in [-0.3, -0.25) is 4.98 Å². The minimum Gasteiger partial charge on any atom is -0.486 e. The maximum Gasteiger partial charge on any atom is 0.134 e. The predicted molar refractivity (Wildman–Crippen MR) is 76.9 cm³/mol. The average Bonchev–Trinajstić information content (AvgIpc) is 2.32. The number of benzene rings is 1. The summed E-state index contributed by atoms with van der Waals surface area (Å²) in [5.74, 6) is 0.862. The van der Waals surface area contributed by atoms with Gasteiger partial charge in [0.15, 0.2) is 0 Å². The Bertz CT molecular complexity index is 566. The van der Waals surface area contributed by atoms with Gasteiger partial charge in [0.1, 0.15) is 12.4 Å². The molecular formula is C15H16BrNO. The summed E-state index contributed by atoms with van der Waals surface area (Å²) in [5, 5.41) is 0. The Morgan fingerprint density at radius 2 is 1.83 bits per heavy atom. The first-order valence-electron chi connectivity index (χ1n) is 5.88. The molecule has 0 amide bonds. The molecule has 2 rings (SSSR count). The minimum atomic E-state index is 0.489. The second-order valence-electron chi connectivity index (χ2n) is 4.43. The van der Waals surface area contributed by atoms with E-state index in [0.29, 0.717) is 6.61 Å². The number of aryl methyl sites for hydroxylation is 3. The zero-order valence-electron chi connectivity index (χ0n) is 10.8. The van der Waals surface area contributed by atoms with Crippen LogP contribution in [0.4, 0.5) is 0 Å². The van der Waals surface area contributed by atoms with E-state index in [1.54, 1.807) is 0 Å². The zero-order chi connectivity index (χ0) is 13.1. The lowest BCUT2D eigenvalue weighted by Gasteiger charge is -2.10. The highest BCUT2D eigenvalue weighted by atomic mass is 79.9. The molecule has 3 heteroatoms. The fraction of sp³-hybridized carbons (Fsp3) is 0.267. The van der Waals surface area contributed by atoms with Crippen LogP contribution in [0.25, 0.3) is 0 Å². The first kappa shape index (κ1) is 13.1. The Morgan fingerprint density at radius 1 is 1.11 bits per heavy atom. The number of halogens is 1. The number of aromatic nitrogens is 1. The van der Waals surface area contributed by atoms with Crippen molar-refractivity contribution in [1.29, 1.82) is 0 Å². The van der Waals surface area contributed by atoms with E-state index in [4.69, 9.17) is 4.74 Å². The van der Waals surface area contributed by atoms with Gasteiger partial charge in [0.25, 0.3) is 0 Å². The molecule has 0 unspecified atom stereocenters. The van der Waals surface area contributed by atoms with E-state index in [1.807, 2.05) is 25.1 Å². The SMILES string of the molecule is Cc1cccc(COc2cc(C)c(C)cc2Br)n1. The Balaban J connectivity index is 2.13. The van der Waals surface area contributed by atoms with E-state index in [-0.39, 0.29) is 0 Å². The lowest BCUT2D eigenvalue weighted by molar-refractivity contribution is 0.299. The largest absolute Gasteiger partial charge is 0.486 e. The van der Waals surface area contributed by atoms with Crippen molar-refractivity contribution in [1.82, 2.24) is 4.98 Å². The number of ether oxygens (including phenoxy) is 1. The summed E-state index contributed by atoms with van der Waals surface area (Å²) in [6, 6.07) is 10.1. The molecule has 0 atom stereocenters. The van der Waals surface area contributed by atoms with Crippen molar-refractivity contribution in [3.05, 3.63) is 57.3 Å². The molecule has 2 aromatic rings. The van der Waals surface area contributed by atoms with Crippen LogP contribution in [0.15, 0.2) is 34.8 Å². The number of hydrogen-bond acceptors (Lipinski definition) is 2. The van der Waals surface area contributed by atoms with Crippen LogP contribution in [0, 0.1) is 20.8 Å². The molecule has 1 heterocycles. The van der Waals surface area contributed by atoms with E-state index >= 15 is 0 Å². The van der Waals surface area contributed by atoms with Gasteiger partial charge in [0, 0.05) is 5.69 Å². The van der Waals surface area contributed by atoms with E-state index < -0.39 is 0 Å². The molecule has 0 radical (unpaired) electrons. The molecule has 18 heavy (non-hydrogen) atoms. The standard InChI is InChI=1S/C15H16BrNO/c1-10-7-14(16)15(8-11(10)2)18-9-13-6-4-5-12(3)17-13/h4-8H,9H2,1-3H3. The van der Waals surface area contributed by atoms with Crippen LogP contribution >= 0.6 is 15.9 Å². The quantitative estimate of drug-likeness (QED) is 0.841. The van der Waals surface area contributed by atoms with Gasteiger partial charge < -0.3 is 4.74 Å². The fourth-order valence-corrected chi connectivity index (χ4v) is 2.27. The number of rotatable bonds is 3. The van der Waals surface area contributed by atoms with Crippen LogP contribution in [0.1, 0.15) is 22.5 Å². The molecular weight excluding hydrogens is 290 g/mol. The molecule has 0 fully saturated rings. The second kappa shape index (κ2) is 5.53. The number of nitrogens with zero attached hydrogens (tertiary/aromatic N) is 1. The van der Waals surface area contributed by atoms with Crippen molar-refractivity contribution in [2.75, 3.05) is 0 Å². The lowest BCUT2D eigenvalue weighted by atomic mass is 10.1. The van der Waals surface area contributed by atoms with Gasteiger partial charge in [0.05, 0.1) is 10.2 Å². The first-order chi connectivity index (χ1) is 8.56. The molecule has 2 nitrogen and oxygen atoms in total. The maximum absolute atomic E-state index is 5.80. The van der Waals surface area contributed by atoms with Crippen LogP contribution in [-0.4, -0.2) is 4.98 Å². The molecule has 94 valence electrons. The predicted octanol–water partition coefficient (Wildman–Crippen LogP) is 4.35. The second-order valence-corrected chi connectivity index (χ2v) is 5.28. The Kier molecular flexibility index (Phi) is 4.02. The third-order valence-corrected chi connectivity index (χ3v) is 3.49. The van der Waals surface area contributed by atoms with Crippen molar-refractivity contribution in [2.24, 2.45) is 0 Å². The van der Waals surface area contributed by atoms with Crippen LogP contribution in [0.3, 0.4) is 0 Å². The van der Waals surface area contributed by atoms with E-state index in [0.717, 1.165) is 21.6 Å². The van der Waals surface area contributed by atoms with Gasteiger partial charge in [0.2, 0.25) is 0 Å². The summed E-state index contributed by atoms with van der Waals surface area (Å²) in [7, 11) is 0. The summed E-state index contributed by atoms with van der Waals surface area (Å²) < 4.78 is 6.79. The number of pyridine rings is 1. The monoisotopic (exact) mass is 305 g/mol. The van der Waals surface area contributed by atoms with Crippen LogP contribution in [0.5, 0.6) is 5.75 Å². The zero-order valence-corrected chi connectivity index (χ0v) is 12.4. The molecule has 0 saturated heterocycles. The Labute approximate surface area is 116 Å². The lowest BCUT2D eigenvalue weighted by Crippen LogP contribution is -2.00. The van der Waals surface area contributed by atoms with Crippen molar-refractivity contribution in [2.45, 2.75) is 27.4 Å². The molecule has 0 saturated carbocycles. The van der Waals surface area contributed by atoms with Gasteiger partial charge in [-0.2, -0.15) is 0 Å². The molecule has 0 aliphatic rings. The highest BCUT2D eigenvalue weighted by Crippen LogP contribution is 2.28. The van der Waals surface area contributed by atoms with Gasteiger partial charge in [-0.15, -0.1) is 0 Å². The van der Waals surface area contributed by atoms with Crippen molar-refractivity contribution >= 4 is 15.9 Å². The summed E-state index contributed by atoms with van der Waals surface area (Å²) in [5.41, 5.74) is 4.43. The van der Waals surface area contributed by atoms with Crippen LogP contribution in [-0.2, 0) is 6.61 Å².